The lowest BCUT2D eigenvalue weighted by Gasteiger charge is -2.31. The van der Waals surface area contributed by atoms with E-state index in [1.165, 1.54) is 5.57 Å². The van der Waals surface area contributed by atoms with E-state index in [0.717, 1.165) is 36.9 Å². The quantitative estimate of drug-likeness (QED) is 0.593. The summed E-state index contributed by atoms with van der Waals surface area (Å²) in [6.07, 6.45) is 0.297. The zero-order valence-corrected chi connectivity index (χ0v) is 20.2. The maximum atomic E-state index is 12.0. The molecule has 186 valence electrons. The number of primary amides is 1. The van der Waals surface area contributed by atoms with Gasteiger partial charge in [0.15, 0.2) is 0 Å². The van der Waals surface area contributed by atoms with Gasteiger partial charge in [0.05, 0.1) is 12.2 Å². The van der Waals surface area contributed by atoms with Gasteiger partial charge in [-0.05, 0) is 81.5 Å². The molecular formula is C24H35F3N2O4. The van der Waals surface area contributed by atoms with Gasteiger partial charge < -0.3 is 20.5 Å². The van der Waals surface area contributed by atoms with Gasteiger partial charge in [-0.25, -0.2) is 4.79 Å². The number of carboxylic acid groups (broad SMARTS) is 1. The normalized spacial score (nSPS) is 16.0. The number of benzene rings is 1. The number of alkyl halides is 3. The molecule has 9 heteroatoms. The van der Waals surface area contributed by atoms with E-state index in [1.54, 1.807) is 0 Å². The lowest BCUT2D eigenvalue weighted by Crippen LogP contribution is -2.27. The Kier molecular flexibility index (Phi) is 9.68. The van der Waals surface area contributed by atoms with E-state index in [2.05, 4.69) is 44.7 Å². The number of aliphatic carboxylic acids is 1. The van der Waals surface area contributed by atoms with Crippen LogP contribution in [-0.4, -0.2) is 55.3 Å². The van der Waals surface area contributed by atoms with Gasteiger partial charge in [-0.1, -0.05) is 26.0 Å². The monoisotopic (exact) mass is 472 g/mol. The van der Waals surface area contributed by atoms with Gasteiger partial charge >= 0.3 is 12.1 Å². The van der Waals surface area contributed by atoms with Crippen molar-refractivity contribution in [1.82, 2.24) is 4.90 Å². The van der Waals surface area contributed by atoms with Crippen molar-refractivity contribution in [2.45, 2.75) is 58.7 Å². The largest absolute Gasteiger partial charge is 0.490 e. The third kappa shape index (κ3) is 9.17. The van der Waals surface area contributed by atoms with Crippen LogP contribution < -0.4 is 5.73 Å². The third-order valence-electron chi connectivity index (χ3n) is 5.54. The van der Waals surface area contributed by atoms with Crippen LogP contribution in [0.5, 0.6) is 0 Å². The number of halogens is 3. The highest BCUT2D eigenvalue weighted by atomic mass is 19.4. The van der Waals surface area contributed by atoms with Crippen LogP contribution in [0.25, 0.3) is 5.57 Å². The molecule has 2 rings (SSSR count). The summed E-state index contributed by atoms with van der Waals surface area (Å²) in [6.45, 7) is 10.2. The van der Waals surface area contributed by atoms with E-state index in [9.17, 15) is 18.0 Å². The number of allylic oxidation sites excluding steroid dienone is 2. The number of rotatable bonds is 7. The number of likely N-dealkylation sites (N-methyl/N-ethyl adjacent to an activating group) is 1. The molecule has 1 amide bonds. The van der Waals surface area contributed by atoms with Gasteiger partial charge in [-0.15, -0.1) is 0 Å². The molecule has 0 atom stereocenters. The number of nitrogens with zero attached hydrogens (tertiary/aromatic N) is 1. The minimum atomic E-state index is -5.08. The first-order chi connectivity index (χ1) is 15.0. The lowest BCUT2D eigenvalue weighted by molar-refractivity contribution is -0.192. The second kappa shape index (κ2) is 11.2. The molecule has 1 aliphatic carbocycles. The summed E-state index contributed by atoms with van der Waals surface area (Å²) in [7, 11) is 4.07. The minimum Gasteiger partial charge on any atom is -0.475 e. The Balaban J connectivity index is 0.000000675. The second-order valence-electron chi connectivity index (χ2n) is 9.69. The van der Waals surface area contributed by atoms with E-state index in [-0.39, 0.29) is 5.91 Å². The van der Waals surface area contributed by atoms with Crippen molar-refractivity contribution < 1.29 is 32.6 Å². The van der Waals surface area contributed by atoms with Crippen molar-refractivity contribution in [3.63, 3.8) is 0 Å². The highest BCUT2D eigenvalue weighted by Crippen LogP contribution is 2.39. The molecule has 0 heterocycles. The van der Waals surface area contributed by atoms with Crippen LogP contribution in [0, 0.1) is 5.41 Å². The van der Waals surface area contributed by atoms with Crippen LogP contribution in [0.1, 0.15) is 68.4 Å². The van der Waals surface area contributed by atoms with Crippen LogP contribution >= 0.6 is 0 Å². The van der Waals surface area contributed by atoms with Crippen LogP contribution in [0.3, 0.4) is 0 Å². The van der Waals surface area contributed by atoms with Crippen molar-refractivity contribution >= 4 is 17.4 Å². The van der Waals surface area contributed by atoms with Gasteiger partial charge in [-0.2, -0.15) is 13.2 Å². The molecule has 1 aliphatic rings. The van der Waals surface area contributed by atoms with Crippen LogP contribution in [0.2, 0.25) is 0 Å². The molecule has 0 spiro atoms. The van der Waals surface area contributed by atoms with E-state index >= 15 is 0 Å². The Labute approximate surface area is 193 Å². The summed E-state index contributed by atoms with van der Waals surface area (Å²) in [5, 5.41) is 7.12. The summed E-state index contributed by atoms with van der Waals surface area (Å²) in [6, 6.07) is 5.91. The summed E-state index contributed by atoms with van der Waals surface area (Å²) >= 11 is 0. The molecule has 1 aromatic rings. The average Bonchev–Trinajstić information content (AvgIpc) is 2.66. The smallest absolute Gasteiger partial charge is 0.475 e. The van der Waals surface area contributed by atoms with Gasteiger partial charge in [0.1, 0.15) is 0 Å². The number of carboxylic acids is 1. The number of ether oxygens (including phenoxy) is 1. The van der Waals surface area contributed by atoms with Gasteiger partial charge in [0.2, 0.25) is 5.91 Å². The topological polar surface area (TPSA) is 92.9 Å². The third-order valence-corrected chi connectivity index (χ3v) is 5.54. The Morgan fingerprint density at radius 3 is 2.21 bits per heavy atom. The fourth-order valence-corrected chi connectivity index (χ4v) is 3.29. The SMILES string of the molecule is CN(C)CCOC(C)(C)c1ccc(C(N)=O)c(C2=CCC(C)(C)CC2)c1.O=C(O)C(F)(F)F. The minimum absolute atomic E-state index is 0.322. The number of hydrogen-bond donors (Lipinski definition) is 2. The Morgan fingerprint density at radius 1 is 1.21 bits per heavy atom. The maximum Gasteiger partial charge on any atom is 0.490 e. The Bertz CT molecular complexity index is 875. The van der Waals surface area contributed by atoms with Crippen LogP contribution in [-0.2, 0) is 15.1 Å². The van der Waals surface area contributed by atoms with E-state index in [4.69, 9.17) is 20.4 Å². The number of nitrogens with two attached hydrogens (primary N) is 1. The van der Waals surface area contributed by atoms with Crippen molar-refractivity contribution in [1.29, 1.82) is 0 Å². The molecule has 33 heavy (non-hydrogen) atoms. The Morgan fingerprint density at radius 2 is 1.79 bits per heavy atom. The maximum absolute atomic E-state index is 12.0. The van der Waals surface area contributed by atoms with E-state index < -0.39 is 17.7 Å². The number of hydrogen-bond acceptors (Lipinski definition) is 4. The first-order valence-corrected chi connectivity index (χ1v) is 10.7. The molecule has 1 aromatic carbocycles. The van der Waals surface area contributed by atoms with Crippen molar-refractivity contribution in [3.05, 3.63) is 41.0 Å². The average molecular weight is 473 g/mol. The molecule has 0 unspecified atom stereocenters. The van der Waals surface area contributed by atoms with Crippen molar-refractivity contribution in [2.75, 3.05) is 27.2 Å². The highest BCUT2D eigenvalue weighted by Gasteiger charge is 2.38. The fraction of sp³-hybridized carbons (Fsp3) is 0.583. The molecule has 0 fully saturated rings. The lowest BCUT2D eigenvalue weighted by atomic mass is 9.76. The number of amides is 1. The molecule has 0 saturated carbocycles. The number of carbonyl (C=O) groups is 2. The molecule has 0 radical (unpaired) electrons. The van der Waals surface area contributed by atoms with Crippen LogP contribution in [0.15, 0.2) is 24.3 Å². The van der Waals surface area contributed by atoms with Gasteiger partial charge in [-0.3, -0.25) is 4.79 Å². The van der Waals surface area contributed by atoms with Crippen molar-refractivity contribution in [3.8, 4) is 0 Å². The first kappa shape index (κ1) is 28.6. The predicted octanol–water partition coefficient (Wildman–Crippen LogP) is 4.83. The predicted molar refractivity (Wildman–Crippen MR) is 122 cm³/mol. The second-order valence-corrected chi connectivity index (χ2v) is 9.69. The highest BCUT2D eigenvalue weighted by molar-refractivity contribution is 5.98. The van der Waals surface area contributed by atoms with Crippen molar-refractivity contribution in [2.24, 2.45) is 11.1 Å². The fourth-order valence-electron chi connectivity index (χ4n) is 3.29. The molecule has 6 nitrogen and oxygen atoms in total. The molecule has 0 bridgehead atoms. The summed E-state index contributed by atoms with van der Waals surface area (Å²) in [4.78, 5) is 23.0. The van der Waals surface area contributed by atoms with E-state index in [1.807, 2.05) is 26.2 Å². The van der Waals surface area contributed by atoms with Crippen LogP contribution in [0.4, 0.5) is 13.2 Å². The standard InChI is InChI=1S/C22H34N2O2.C2HF3O2/c1-21(2)11-9-16(10-12-21)19-15-17(7-8-18(19)20(23)25)22(3,4)26-14-13-24(5)6;3-2(4,5)1(6)7/h7-9,15H,10-14H2,1-6H3,(H2,23,25);(H,6,7). The molecule has 0 aromatic heterocycles. The zero-order valence-electron chi connectivity index (χ0n) is 20.2. The Hall–Kier alpha value is -2.39. The first-order valence-electron chi connectivity index (χ1n) is 10.7. The zero-order chi connectivity index (χ0) is 25.6. The van der Waals surface area contributed by atoms with Gasteiger partial charge in [0.25, 0.3) is 0 Å². The summed E-state index contributed by atoms with van der Waals surface area (Å²) in [5.41, 5.74) is 9.41. The summed E-state index contributed by atoms with van der Waals surface area (Å²) in [5.74, 6) is -3.13. The van der Waals surface area contributed by atoms with Gasteiger partial charge in [0, 0.05) is 12.1 Å². The summed E-state index contributed by atoms with van der Waals surface area (Å²) < 4.78 is 37.9. The van der Waals surface area contributed by atoms with E-state index in [0.29, 0.717) is 17.6 Å². The molecule has 0 saturated heterocycles. The molecule has 0 aliphatic heterocycles. The molecular weight excluding hydrogens is 437 g/mol. The molecule has 3 N–H and O–H groups in total. The number of carbonyl (C=O) groups excluding carboxylic acids is 1.